The molecule has 0 unspecified atom stereocenters. The summed E-state index contributed by atoms with van der Waals surface area (Å²) in [6.45, 7) is 2.40. The third-order valence-electron chi connectivity index (χ3n) is 4.07. The van der Waals surface area contributed by atoms with E-state index in [1.54, 1.807) is 32.2 Å². The number of amides is 2. The van der Waals surface area contributed by atoms with Crippen molar-refractivity contribution in [3.63, 3.8) is 0 Å². The van der Waals surface area contributed by atoms with Gasteiger partial charge in [-0.2, -0.15) is 0 Å². The van der Waals surface area contributed by atoms with Gasteiger partial charge in [-0.1, -0.05) is 29.8 Å². The van der Waals surface area contributed by atoms with Gasteiger partial charge in [-0.15, -0.1) is 0 Å². The zero-order valence-electron chi connectivity index (χ0n) is 15.2. The number of imide groups is 1. The molecule has 0 atom stereocenters. The summed E-state index contributed by atoms with van der Waals surface area (Å²) in [5.41, 5.74) is 1.57. The maximum atomic E-state index is 12.3. The van der Waals surface area contributed by atoms with Crippen LogP contribution in [0.3, 0.4) is 0 Å². The van der Waals surface area contributed by atoms with Gasteiger partial charge in [0, 0.05) is 17.1 Å². The second-order valence-corrected chi connectivity index (χ2v) is 8.09. The lowest BCUT2D eigenvalue weighted by Gasteiger charge is -2.14. The first-order chi connectivity index (χ1) is 13.4. The monoisotopic (exact) mass is 481 g/mol. The number of thioether (sulfide) groups is 1. The molecule has 0 bridgehead atoms. The standard InChI is InChI=1S/C20H17BrClNO4S/c1-3-23-19(24)17(28-20(23)25)10-12-8-14(21)18(16(9-12)26-2)27-11-13-6-4-5-7-15(13)22/h4-10H,3,11H2,1-2H3/b17-10-. The summed E-state index contributed by atoms with van der Waals surface area (Å²) in [7, 11) is 1.54. The summed E-state index contributed by atoms with van der Waals surface area (Å²) in [5.74, 6) is 0.746. The Morgan fingerprint density at radius 3 is 2.64 bits per heavy atom. The minimum absolute atomic E-state index is 0.260. The number of rotatable bonds is 6. The summed E-state index contributed by atoms with van der Waals surface area (Å²) < 4.78 is 12.0. The maximum Gasteiger partial charge on any atom is 0.293 e. The average molecular weight is 483 g/mol. The van der Waals surface area contributed by atoms with Crippen molar-refractivity contribution in [2.24, 2.45) is 0 Å². The predicted molar refractivity (Wildman–Crippen MR) is 115 cm³/mol. The van der Waals surface area contributed by atoms with Crippen LogP contribution in [0.5, 0.6) is 11.5 Å². The Bertz CT molecular complexity index is 963. The Balaban J connectivity index is 1.86. The van der Waals surface area contributed by atoms with Crippen molar-refractivity contribution in [1.82, 2.24) is 4.90 Å². The molecule has 2 aromatic rings. The highest BCUT2D eigenvalue weighted by atomic mass is 79.9. The number of hydrogen-bond acceptors (Lipinski definition) is 5. The van der Waals surface area contributed by atoms with E-state index in [0.717, 1.165) is 22.9 Å². The van der Waals surface area contributed by atoms with Crippen molar-refractivity contribution in [2.45, 2.75) is 13.5 Å². The summed E-state index contributed by atoms with van der Waals surface area (Å²) in [4.78, 5) is 25.7. The highest BCUT2D eigenvalue weighted by Gasteiger charge is 2.33. The van der Waals surface area contributed by atoms with E-state index in [0.29, 0.717) is 32.4 Å². The van der Waals surface area contributed by atoms with Gasteiger partial charge in [0.05, 0.1) is 16.5 Å². The van der Waals surface area contributed by atoms with Gasteiger partial charge in [-0.25, -0.2) is 0 Å². The molecule has 8 heteroatoms. The molecule has 146 valence electrons. The lowest BCUT2D eigenvalue weighted by molar-refractivity contribution is -0.122. The summed E-state index contributed by atoms with van der Waals surface area (Å²) in [5, 5.41) is 0.366. The Kier molecular flexibility index (Phi) is 6.69. The molecule has 1 aliphatic heterocycles. The summed E-state index contributed by atoms with van der Waals surface area (Å²) >= 11 is 10.6. The predicted octanol–water partition coefficient (Wildman–Crippen LogP) is 5.75. The van der Waals surface area contributed by atoms with Crippen LogP contribution < -0.4 is 9.47 Å². The Hall–Kier alpha value is -1.96. The third kappa shape index (κ3) is 4.37. The number of carbonyl (C=O) groups excluding carboxylic acids is 2. The fraction of sp³-hybridized carbons (Fsp3) is 0.200. The van der Waals surface area contributed by atoms with E-state index >= 15 is 0 Å². The summed E-state index contributed by atoms with van der Waals surface area (Å²) in [6.07, 6.45) is 1.67. The molecular weight excluding hydrogens is 466 g/mol. The van der Waals surface area contributed by atoms with Crippen LogP contribution in [0.1, 0.15) is 18.1 Å². The van der Waals surface area contributed by atoms with Gasteiger partial charge >= 0.3 is 0 Å². The van der Waals surface area contributed by atoms with E-state index in [-0.39, 0.29) is 17.8 Å². The van der Waals surface area contributed by atoms with Crippen LogP contribution in [0.25, 0.3) is 6.08 Å². The zero-order chi connectivity index (χ0) is 20.3. The molecule has 28 heavy (non-hydrogen) atoms. The van der Waals surface area contributed by atoms with E-state index in [1.807, 2.05) is 24.3 Å². The molecule has 0 spiro atoms. The topological polar surface area (TPSA) is 55.8 Å². The first kappa shape index (κ1) is 20.8. The number of halogens is 2. The number of ether oxygens (including phenoxy) is 2. The molecule has 0 N–H and O–H groups in total. The number of likely N-dealkylation sites (N-methyl/N-ethyl adjacent to an activating group) is 1. The van der Waals surface area contributed by atoms with E-state index < -0.39 is 0 Å². The van der Waals surface area contributed by atoms with Gasteiger partial charge in [0.2, 0.25) is 0 Å². The number of hydrogen-bond donors (Lipinski definition) is 0. The molecule has 1 heterocycles. The molecular formula is C20H17BrClNO4S. The SMILES string of the molecule is CCN1C(=O)S/C(=C\c2cc(Br)c(OCc3ccccc3Cl)c(OC)c2)C1=O. The smallest absolute Gasteiger partial charge is 0.293 e. The van der Waals surface area contributed by atoms with Crippen LogP contribution in [0.2, 0.25) is 5.02 Å². The van der Waals surface area contributed by atoms with Gasteiger partial charge < -0.3 is 9.47 Å². The second kappa shape index (κ2) is 9.03. The maximum absolute atomic E-state index is 12.3. The minimum atomic E-state index is -0.286. The Morgan fingerprint density at radius 2 is 2.00 bits per heavy atom. The Labute approximate surface area is 180 Å². The van der Waals surface area contributed by atoms with Gasteiger partial charge in [0.15, 0.2) is 11.5 Å². The van der Waals surface area contributed by atoms with Crippen LogP contribution in [0.4, 0.5) is 4.79 Å². The first-order valence-electron chi connectivity index (χ1n) is 8.43. The number of carbonyl (C=O) groups is 2. The van der Waals surface area contributed by atoms with Crippen LogP contribution in [0.15, 0.2) is 45.8 Å². The largest absolute Gasteiger partial charge is 0.493 e. The zero-order valence-corrected chi connectivity index (χ0v) is 18.4. The van der Waals surface area contributed by atoms with Gasteiger partial charge in [-0.3, -0.25) is 14.5 Å². The van der Waals surface area contributed by atoms with Crippen LogP contribution in [-0.4, -0.2) is 29.7 Å². The van der Waals surface area contributed by atoms with Crippen LogP contribution in [-0.2, 0) is 11.4 Å². The molecule has 0 aliphatic carbocycles. The quantitative estimate of drug-likeness (QED) is 0.491. The molecule has 5 nitrogen and oxygen atoms in total. The number of benzene rings is 2. The normalized spacial score (nSPS) is 15.4. The molecule has 2 amide bonds. The molecule has 0 radical (unpaired) electrons. The molecule has 1 saturated heterocycles. The lowest BCUT2D eigenvalue weighted by Crippen LogP contribution is -2.27. The van der Waals surface area contributed by atoms with Crippen LogP contribution in [0, 0.1) is 0 Å². The molecule has 1 fully saturated rings. The highest BCUT2D eigenvalue weighted by molar-refractivity contribution is 9.10. The third-order valence-corrected chi connectivity index (χ3v) is 5.93. The fourth-order valence-corrected chi connectivity index (χ4v) is 4.32. The highest BCUT2D eigenvalue weighted by Crippen LogP contribution is 2.39. The first-order valence-corrected chi connectivity index (χ1v) is 10.4. The van der Waals surface area contributed by atoms with Crippen molar-refractivity contribution in [3.05, 3.63) is 61.9 Å². The lowest BCUT2D eigenvalue weighted by atomic mass is 10.1. The minimum Gasteiger partial charge on any atom is -0.493 e. The van der Waals surface area contributed by atoms with Gasteiger partial charge in [0.25, 0.3) is 11.1 Å². The van der Waals surface area contributed by atoms with Crippen molar-refractivity contribution >= 4 is 56.5 Å². The molecule has 0 aromatic heterocycles. The van der Waals surface area contributed by atoms with Crippen molar-refractivity contribution in [1.29, 1.82) is 0 Å². The van der Waals surface area contributed by atoms with E-state index in [2.05, 4.69) is 15.9 Å². The molecule has 1 aliphatic rings. The number of methoxy groups -OCH3 is 1. The van der Waals surface area contributed by atoms with Crippen molar-refractivity contribution in [2.75, 3.05) is 13.7 Å². The summed E-state index contributed by atoms with van der Waals surface area (Å²) in [6, 6.07) is 11.0. The van der Waals surface area contributed by atoms with Crippen molar-refractivity contribution < 1.29 is 19.1 Å². The Morgan fingerprint density at radius 1 is 1.25 bits per heavy atom. The van der Waals surface area contributed by atoms with E-state index in [4.69, 9.17) is 21.1 Å². The molecule has 2 aromatic carbocycles. The fourth-order valence-electron chi connectivity index (χ4n) is 2.65. The second-order valence-electron chi connectivity index (χ2n) is 5.84. The average Bonchev–Trinajstić information content (AvgIpc) is 2.94. The number of nitrogens with zero attached hydrogens (tertiary/aromatic N) is 1. The van der Waals surface area contributed by atoms with Crippen molar-refractivity contribution in [3.8, 4) is 11.5 Å². The van der Waals surface area contributed by atoms with Gasteiger partial charge in [0.1, 0.15) is 6.61 Å². The molecule has 3 rings (SSSR count). The van der Waals surface area contributed by atoms with Gasteiger partial charge in [-0.05, 0) is 64.5 Å². The van der Waals surface area contributed by atoms with E-state index in [1.165, 1.54) is 4.90 Å². The van der Waals surface area contributed by atoms with E-state index in [9.17, 15) is 9.59 Å². The van der Waals surface area contributed by atoms with Crippen LogP contribution >= 0.6 is 39.3 Å². The molecule has 0 saturated carbocycles.